The van der Waals surface area contributed by atoms with Crippen LogP contribution in [0.15, 0.2) is 24.3 Å². The fraction of sp³-hybridized carbons (Fsp3) is 0.471. The Hall–Kier alpha value is -1.65. The van der Waals surface area contributed by atoms with Crippen molar-refractivity contribution in [2.75, 3.05) is 13.2 Å². The van der Waals surface area contributed by atoms with Crippen molar-refractivity contribution in [2.45, 2.75) is 38.4 Å². The van der Waals surface area contributed by atoms with Gasteiger partial charge in [0.25, 0.3) is 0 Å². The molecule has 1 saturated heterocycles. The average Bonchev–Trinajstić information content (AvgIpc) is 2.95. The molecule has 0 atom stereocenters. The van der Waals surface area contributed by atoms with Gasteiger partial charge >= 0.3 is 0 Å². The SMILES string of the molecule is CC1(c2ccc(C(N)=O)c(C3=CCCCC3)c2)OCCO1. The molecule has 0 aromatic heterocycles. The van der Waals surface area contributed by atoms with Crippen molar-refractivity contribution in [1.29, 1.82) is 0 Å². The second kappa shape index (κ2) is 5.62. The number of rotatable bonds is 3. The number of allylic oxidation sites excluding steroid dienone is 2. The maximum Gasteiger partial charge on any atom is 0.249 e. The Kier molecular flexibility index (Phi) is 3.83. The minimum Gasteiger partial charge on any atom is -0.366 e. The van der Waals surface area contributed by atoms with Crippen LogP contribution in [0.1, 0.15) is 54.1 Å². The summed E-state index contributed by atoms with van der Waals surface area (Å²) in [6, 6.07) is 5.67. The third kappa shape index (κ3) is 2.74. The Morgan fingerprint density at radius 2 is 2.00 bits per heavy atom. The lowest BCUT2D eigenvalue weighted by Crippen LogP contribution is -2.23. The van der Waals surface area contributed by atoms with Gasteiger partial charge in [0.1, 0.15) is 0 Å². The zero-order valence-electron chi connectivity index (χ0n) is 12.4. The highest BCUT2D eigenvalue weighted by molar-refractivity contribution is 5.98. The van der Waals surface area contributed by atoms with Crippen molar-refractivity contribution in [3.63, 3.8) is 0 Å². The molecule has 1 aliphatic heterocycles. The molecule has 4 heteroatoms. The summed E-state index contributed by atoms with van der Waals surface area (Å²) in [7, 11) is 0. The predicted molar refractivity (Wildman–Crippen MR) is 80.7 cm³/mol. The highest BCUT2D eigenvalue weighted by Crippen LogP contribution is 2.35. The molecule has 1 aromatic rings. The quantitative estimate of drug-likeness (QED) is 0.929. The minimum atomic E-state index is -0.722. The number of nitrogens with two attached hydrogens (primary N) is 1. The average molecular weight is 287 g/mol. The lowest BCUT2D eigenvalue weighted by Gasteiger charge is -2.25. The molecule has 1 fully saturated rings. The normalized spacial score (nSPS) is 21.1. The largest absolute Gasteiger partial charge is 0.366 e. The number of amides is 1. The van der Waals surface area contributed by atoms with Gasteiger partial charge in [0, 0.05) is 11.1 Å². The summed E-state index contributed by atoms with van der Waals surface area (Å²) in [5, 5.41) is 0. The second-order valence-electron chi connectivity index (χ2n) is 5.74. The van der Waals surface area contributed by atoms with E-state index >= 15 is 0 Å². The Labute approximate surface area is 124 Å². The third-order valence-corrected chi connectivity index (χ3v) is 4.28. The summed E-state index contributed by atoms with van der Waals surface area (Å²) in [4.78, 5) is 11.7. The summed E-state index contributed by atoms with van der Waals surface area (Å²) in [5.41, 5.74) is 9.18. The first-order valence-electron chi connectivity index (χ1n) is 7.52. The van der Waals surface area contributed by atoms with Crippen LogP contribution in [0.3, 0.4) is 0 Å². The molecule has 0 radical (unpaired) electrons. The van der Waals surface area contributed by atoms with Gasteiger partial charge in [-0.2, -0.15) is 0 Å². The van der Waals surface area contributed by atoms with Gasteiger partial charge in [-0.3, -0.25) is 4.79 Å². The van der Waals surface area contributed by atoms with Crippen LogP contribution in [0.5, 0.6) is 0 Å². The molecule has 0 saturated carbocycles. The smallest absolute Gasteiger partial charge is 0.249 e. The number of hydrogen-bond donors (Lipinski definition) is 1. The number of benzene rings is 1. The minimum absolute atomic E-state index is 0.388. The number of primary amides is 1. The van der Waals surface area contributed by atoms with Crippen molar-refractivity contribution in [1.82, 2.24) is 0 Å². The van der Waals surface area contributed by atoms with Gasteiger partial charge in [-0.15, -0.1) is 0 Å². The molecule has 3 rings (SSSR count). The van der Waals surface area contributed by atoms with Crippen LogP contribution >= 0.6 is 0 Å². The monoisotopic (exact) mass is 287 g/mol. The van der Waals surface area contributed by atoms with Crippen LogP contribution in [0.4, 0.5) is 0 Å². The van der Waals surface area contributed by atoms with Crippen LogP contribution < -0.4 is 5.73 Å². The van der Waals surface area contributed by atoms with Gasteiger partial charge in [-0.25, -0.2) is 0 Å². The summed E-state index contributed by atoms with van der Waals surface area (Å²) < 4.78 is 11.4. The molecule has 21 heavy (non-hydrogen) atoms. The topological polar surface area (TPSA) is 61.6 Å². The fourth-order valence-corrected chi connectivity index (χ4v) is 3.07. The van der Waals surface area contributed by atoms with E-state index in [1.807, 2.05) is 19.1 Å². The molecular weight excluding hydrogens is 266 g/mol. The first-order chi connectivity index (χ1) is 10.1. The van der Waals surface area contributed by atoms with Crippen LogP contribution in [-0.4, -0.2) is 19.1 Å². The van der Waals surface area contributed by atoms with E-state index in [9.17, 15) is 4.79 Å². The number of hydrogen-bond acceptors (Lipinski definition) is 3. The Morgan fingerprint density at radius 1 is 1.24 bits per heavy atom. The van der Waals surface area contributed by atoms with Gasteiger partial charge in [-0.05, 0) is 55.9 Å². The number of carbonyl (C=O) groups is 1. The maximum absolute atomic E-state index is 11.7. The van der Waals surface area contributed by atoms with Gasteiger partial charge in [0.2, 0.25) is 5.91 Å². The standard InChI is InChI=1S/C17H21NO3/c1-17(20-9-10-21-17)13-7-8-14(16(18)19)15(11-13)12-5-3-2-4-6-12/h5,7-8,11H,2-4,6,9-10H2,1H3,(H2,18,19). The van der Waals surface area contributed by atoms with Gasteiger partial charge in [-0.1, -0.05) is 12.1 Å². The van der Waals surface area contributed by atoms with Gasteiger partial charge in [0.15, 0.2) is 5.79 Å². The van der Waals surface area contributed by atoms with E-state index in [0.717, 1.165) is 30.4 Å². The van der Waals surface area contributed by atoms with Crippen molar-refractivity contribution in [3.8, 4) is 0 Å². The Morgan fingerprint density at radius 3 is 2.62 bits per heavy atom. The molecule has 0 bridgehead atoms. The molecule has 4 nitrogen and oxygen atoms in total. The summed E-state index contributed by atoms with van der Waals surface area (Å²) in [6.07, 6.45) is 6.62. The first-order valence-corrected chi connectivity index (χ1v) is 7.52. The van der Waals surface area contributed by atoms with Crippen molar-refractivity contribution < 1.29 is 14.3 Å². The van der Waals surface area contributed by atoms with E-state index in [1.165, 1.54) is 12.0 Å². The van der Waals surface area contributed by atoms with Crippen molar-refractivity contribution >= 4 is 11.5 Å². The molecule has 0 spiro atoms. The summed E-state index contributed by atoms with van der Waals surface area (Å²) in [5.74, 6) is -1.11. The van der Waals surface area contributed by atoms with Crippen LogP contribution in [-0.2, 0) is 15.3 Å². The van der Waals surface area contributed by atoms with Gasteiger partial charge < -0.3 is 15.2 Å². The zero-order chi connectivity index (χ0) is 14.9. The maximum atomic E-state index is 11.7. The van der Waals surface area contributed by atoms with E-state index in [1.54, 1.807) is 6.07 Å². The predicted octanol–water partition coefficient (Wildman–Crippen LogP) is 2.96. The van der Waals surface area contributed by atoms with Crippen LogP contribution in [0.25, 0.3) is 5.57 Å². The van der Waals surface area contributed by atoms with Crippen LogP contribution in [0, 0.1) is 0 Å². The lowest BCUT2D eigenvalue weighted by molar-refractivity contribution is -0.149. The molecule has 1 amide bonds. The molecule has 112 valence electrons. The fourth-order valence-electron chi connectivity index (χ4n) is 3.07. The second-order valence-corrected chi connectivity index (χ2v) is 5.74. The molecule has 2 aliphatic rings. The first kappa shape index (κ1) is 14.3. The Bertz CT molecular complexity index is 586. The van der Waals surface area contributed by atoms with Gasteiger partial charge in [0.05, 0.1) is 13.2 Å². The van der Waals surface area contributed by atoms with Crippen LogP contribution in [0.2, 0.25) is 0 Å². The molecule has 0 unspecified atom stereocenters. The molecule has 1 heterocycles. The molecule has 2 N–H and O–H groups in total. The van der Waals surface area contributed by atoms with Crippen molar-refractivity contribution in [3.05, 3.63) is 41.0 Å². The Balaban J connectivity index is 2.06. The van der Waals surface area contributed by atoms with E-state index < -0.39 is 5.79 Å². The van der Waals surface area contributed by atoms with Crippen molar-refractivity contribution in [2.24, 2.45) is 5.73 Å². The lowest BCUT2D eigenvalue weighted by atomic mass is 9.88. The third-order valence-electron chi connectivity index (χ3n) is 4.28. The number of carbonyl (C=O) groups excluding carboxylic acids is 1. The van der Waals surface area contributed by atoms with E-state index in [2.05, 4.69) is 6.08 Å². The van der Waals surface area contributed by atoms with E-state index in [4.69, 9.17) is 15.2 Å². The number of ether oxygens (including phenoxy) is 2. The summed E-state index contributed by atoms with van der Waals surface area (Å²) >= 11 is 0. The van der Waals surface area contributed by atoms with E-state index in [0.29, 0.717) is 18.8 Å². The molecule has 1 aromatic carbocycles. The molecule has 1 aliphatic carbocycles. The molecular formula is C17H21NO3. The highest BCUT2D eigenvalue weighted by Gasteiger charge is 2.34. The summed E-state index contributed by atoms with van der Waals surface area (Å²) in [6.45, 7) is 3.09. The zero-order valence-corrected chi connectivity index (χ0v) is 12.4. The van der Waals surface area contributed by atoms with E-state index in [-0.39, 0.29) is 5.91 Å². The highest BCUT2D eigenvalue weighted by atomic mass is 16.7.